The molecule has 6 N–H and O–H groups in total. The summed E-state index contributed by atoms with van der Waals surface area (Å²) in [6.45, 7) is 3.36. The van der Waals surface area contributed by atoms with Gasteiger partial charge < -0.3 is 31.5 Å². The Kier molecular flexibility index (Phi) is 10.4. The van der Waals surface area contributed by atoms with E-state index in [9.17, 15) is 14.7 Å². The average molecular weight is 590 g/mol. The number of benzene rings is 3. The number of aliphatic imine (C=N–C) groups is 1. The first-order valence-corrected chi connectivity index (χ1v) is 14.5. The molecule has 1 fully saturated rings. The molecule has 2 unspecified atom stereocenters. The lowest BCUT2D eigenvalue weighted by molar-refractivity contribution is -0.0564. The standard InChI is InChI=1S/C33H40FN5O4/c1-22-7-3-8-25(19-22)29-27(10-4-11-28(29)34)33(42,16-6-17-37-32(41)43-2)26-9-5-18-39(21-26)30(40)24-14-12-23(13-15-24)20-38-31(35)36/h3-4,7-8,10-15,19,26,42H,5-6,9,16-18,20-21H2,1-2H3,(H,37,41)(H4,35,36,38). The van der Waals surface area contributed by atoms with Crippen molar-refractivity contribution < 1.29 is 23.8 Å². The zero-order valence-electron chi connectivity index (χ0n) is 24.7. The molecule has 3 aromatic carbocycles. The Labute approximate surface area is 251 Å². The lowest BCUT2D eigenvalue weighted by Crippen LogP contribution is -2.48. The monoisotopic (exact) mass is 589 g/mol. The number of guanidine groups is 1. The highest BCUT2D eigenvalue weighted by atomic mass is 19.1. The Balaban J connectivity index is 1.65. The van der Waals surface area contributed by atoms with Crippen molar-refractivity contribution in [3.05, 3.63) is 94.8 Å². The van der Waals surface area contributed by atoms with Crippen molar-refractivity contribution in [2.75, 3.05) is 26.7 Å². The molecule has 0 bridgehead atoms. The van der Waals surface area contributed by atoms with Crippen LogP contribution in [0.2, 0.25) is 0 Å². The molecule has 3 aromatic rings. The molecule has 4 rings (SSSR count). The van der Waals surface area contributed by atoms with Gasteiger partial charge >= 0.3 is 6.09 Å². The summed E-state index contributed by atoms with van der Waals surface area (Å²) in [5.41, 5.74) is 13.2. The van der Waals surface area contributed by atoms with Gasteiger partial charge in [-0.3, -0.25) is 4.79 Å². The van der Waals surface area contributed by atoms with Crippen LogP contribution in [0.3, 0.4) is 0 Å². The highest BCUT2D eigenvalue weighted by molar-refractivity contribution is 5.94. The molecule has 0 aliphatic carbocycles. The van der Waals surface area contributed by atoms with E-state index in [2.05, 4.69) is 15.0 Å². The Morgan fingerprint density at radius 1 is 1.14 bits per heavy atom. The van der Waals surface area contributed by atoms with Crippen LogP contribution in [0.4, 0.5) is 9.18 Å². The van der Waals surface area contributed by atoms with Gasteiger partial charge in [0.1, 0.15) is 5.82 Å². The maximum Gasteiger partial charge on any atom is 0.406 e. The number of likely N-dealkylation sites (tertiary alicyclic amines) is 1. The molecule has 1 aliphatic heterocycles. The molecule has 9 nitrogen and oxygen atoms in total. The number of halogens is 1. The summed E-state index contributed by atoms with van der Waals surface area (Å²) in [6, 6.07) is 19.4. The Morgan fingerprint density at radius 2 is 1.88 bits per heavy atom. The first-order chi connectivity index (χ1) is 20.6. The van der Waals surface area contributed by atoms with Crippen LogP contribution in [0, 0.1) is 18.7 Å². The summed E-state index contributed by atoms with van der Waals surface area (Å²) < 4.78 is 20.3. The smallest absolute Gasteiger partial charge is 0.406 e. The molecule has 2 amide bonds. The summed E-state index contributed by atoms with van der Waals surface area (Å²) in [5.74, 6) is -0.962. The SMILES string of the molecule is COC(=O)NCCCC(O)(c1cccc(F)c1-c1cccc(C)c1)C1CCCN(C(=O)c2ccc(CN=C(N)N)cc2)C1. The Morgan fingerprint density at radius 3 is 2.58 bits per heavy atom. The summed E-state index contributed by atoms with van der Waals surface area (Å²) in [6.07, 6.45) is 1.42. The van der Waals surface area contributed by atoms with E-state index in [1.54, 1.807) is 29.2 Å². The number of hydrogen-bond acceptors (Lipinski definition) is 5. The first kappa shape index (κ1) is 31.5. The highest BCUT2D eigenvalue weighted by Gasteiger charge is 2.43. The third-order valence-electron chi connectivity index (χ3n) is 8.01. The number of carbonyl (C=O) groups is 2. The van der Waals surface area contributed by atoms with Crippen molar-refractivity contribution in [2.45, 2.75) is 44.8 Å². The fourth-order valence-electron chi connectivity index (χ4n) is 5.83. The molecule has 2 atom stereocenters. The van der Waals surface area contributed by atoms with Crippen LogP contribution >= 0.6 is 0 Å². The highest BCUT2D eigenvalue weighted by Crippen LogP contribution is 2.44. The van der Waals surface area contributed by atoms with E-state index in [4.69, 9.17) is 11.5 Å². The normalized spacial score (nSPS) is 16.2. The van der Waals surface area contributed by atoms with Gasteiger partial charge in [0.15, 0.2) is 5.96 Å². The zero-order chi connectivity index (χ0) is 31.0. The second kappa shape index (κ2) is 14.2. The van der Waals surface area contributed by atoms with Crippen molar-refractivity contribution in [1.29, 1.82) is 0 Å². The van der Waals surface area contributed by atoms with Crippen LogP contribution in [-0.2, 0) is 16.9 Å². The number of nitrogens with one attached hydrogen (secondary N) is 1. The molecule has 1 aliphatic rings. The van der Waals surface area contributed by atoms with Crippen LogP contribution in [0.5, 0.6) is 0 Å². The second-order valence-corrected chi connectivity index (χ2v) is 11.0. The summed E-state index contributed by atoms with van der Waals surface area (Å²) >= 11 is 0. The van der Waals surface area contributed by atoms with Gasteiger partial charge in [0.05, 0.1) is 19.3 Å². The summed E-state index contributed by atoms with van der Waals surface area (Å²) in [4.78, 5) is 31.0. The maximum atomic E-state index is 15.6. The average Bonchev–Trinajstić information content (AvgIpc) is 3.01. The third kappa shape index (κ3) is 7.70. The Bertz CT molecular complexity index is 1460. The van der Waals surface area contributed by atoms with Gasteiger partial charge in [-0.05, 0) is 67.5 Å². The van der Waals surface area contributed by atoms with E-state index in [1.165, 1.54) is 13.2 Å². The summed E-state index contributed by atoms with van der Waals surface area (Å²) in [5, 5.41) is 15.3. The van der Waals surface area contributed by atoms with Crippen LogP contribution in [0.1, 0.15) is 52.7 Å². The molecular formula is C33H40FN5O4. The molecule has 0 saturated carbocycles. The van der Waals surface area contributed by atoms with Crippen molar-refractivity contribution in [2.24, 2.45) is 22.4 Å². The molecular weight excluding hydrogens is 549 g/mol. The minimum atomic E-state index is -1.48. The Hall–Kier alpha value is -4.44. The zero-order valence-corrected chi connectivity index (χ0v) is 24.7. The number of hydrogen-bond donors (Lipinski definition) is 4. The van der Waals surface area contributed by atoms with E-state index >= 15 is 4.39 Å². The first-order valence-electron chi connectivity index (χ1n) is 14.5. The molecule has 1 heterocycles. The number of nitrogens with two attached hydrogens (primary N) is 2. The number of aryl methyl sites for hydroxylation is 1. The second-order valence-electron chi connectivity index (χ2n) is 11.0. The van der Waals surface area contributed by atoms with Crippen LogP contribution in [0.25, 0.3) is 11.1 Å². The number of piperidine rings is 1. The number of alkyl carbamates (subject to hydrolysis) is 1. The maximum absolute atomic E-state index is 15.6. The van der Waals surface area contributed by atoms with E-state index < -0.39 is 17.5 Å². The topological polar surface area (TPSA) is 143 Å². The molecule has 0 aromatic heterocycles. The lowest BCUT2D eigenvalue weighted by atomic mass is 9.72. The van der Waals surface area contributed by atoms with Crippen molar-refractivity contribution >= 4 is 18.0 Å². The quantitative estimate of drug-likeness (QED) is 0.156. The van der Waals surface area contributed by atoms with Gasteiger partial charge in [-0.15, -0.1) is 0 Å². The third-order valence-corrected chi connectivity index (χ3v) is 8.01. The van der Waals surface area contributed by atoms with E-state index in [0.29, 0.717) is 61.2 Å². The predicted octanol–water partition coefficient (Wildman–Crippen LogP) is 4.45. The van der Waals surface area contributed by atoms with Gasteiger partial charge in [0, 0.05) is 36.7 Å². The van der Waals surface area contributed by atoms with Gasteiger partial charge in [-0.2, -0.15) is 0 Å². The van der Waals surface area contributed by atoms with Gasteiger partial charge in [-0.1, -0.05) is 54.1 Å². The van der Waals surface area contributed by atoms with E-state index in [-0.39, 0.29) is 30.8 Å². The molecule has 10 heteroatoms. The summed E-state index contributed by atoms with van der Waals surface area (Å²) in [7, 11) is 1.29. The largest absolute Gasteiger partial charge is 0.453 e. The minimum absolute atomic E-state index is 0.00284. The molecule has 228 valence electrons. The fourth-order valence-corrected chi connectivity index (χ4v) is 5.83. The minimum Gasteiger partial charge on any atom is -0.453 e. The number of rotatable bonds is 10. The van der Waals surface area contributed by atoms with Crippen LogP contribution < -0.4 is 16.8 Å². The predicted molar refractivity (Wildman–Crippen MR) is 165 cm³/mol. The number of ether oxygens (including phenoxy) is 1. The van der Waals surface area contributed by atoms with Crippen LogP contribution in [-0.4, -0.2) is 54.7 Å². The molecule has 0 spiro atoms. The van der Waals surface area contributed by atoms with Crippen molar-refractivity contribution in [3.8, 4) is 11.1 Å². The number of aliphatic hydroxyl groups is 1. The molecule has 1 saturated heterocycles. The molecule has 43 heavy (non-hydrogen) atoms. The number of carbonyl (C=O) groups excluding carboxylic acids is 2. The van der Waals surface area contributed by atoms with Gasteiger partial charge in [0.25, 0.3) is 5.91 Å². The van der Waals surface area contributed by atoms with Gasteiger partial charge in [0.2, 0.25) is 0 Å². The fraction of sp³-hybridized carbons (Fsp3) is 0.364. The van der Waals surface area contributed by atoms with E-state index in [1.807, 2.05) is 43.3 Å². The van der Waals surface area contributed by atoms with Crippen molar-refractivity contribution in [3.63, 3.8) is 0 Å². The number of methoxy groups -OCH3 is 1. The van der Waals surface area contributed by atoms with Crippen molar-refractivity contribution in [1.82, 2.24) is 10.2 Å². The van der Waals surface area contributed by atoms with E-state index in [0.717, 1.165) is 11.1 Å². The van der Waals surface area contributed by atoms with Gasteiger partial charge in [-0.25, -0.2) is 14.2 Å². The number of amides is 2. The van der Waals surface area contributed by atoms with Crippen LogP contribution in [0.15, 0.2) is 71.7 Å². The molecule has 0 radical (unpaired) electrons. The number of nitrogens with zero attached hydrogens (tertiary/aromatic N) is 2. The lowest BCUT2D eigenvalue weighted by Gasteiger charge is -2.43.